The summed E-state index contributed by atoms with van der Waals surface area (Å²) in [5, 5.41) is 4.62. The van der Waals surface area contributed by atoms with Crippen molar-refractivity contribution in [3.05, 3.63) is 35.1 Å². The lowest BCUT2D eigenvalue weighted by Gasteiger charge is -2.29. The summed E-state index contributed by atoms with van der Waals surface area (Å²) in [6, 6.07) is 5.15. The third-order valence-electron chi connectivity index (χ3n) is 6.55. The van der Waals surface area contributed by atoms with E-state index in [1.807, 2.05) is 37.1 Å². The molecule has 0 radical (unpaired) electrons. The fourth-order valence-corrected chi connectivity index (χ4v) is 4.67. The highest BCUT2D eigenvalue weighted by molar-refractivity contribution is 6.32. The van der Waals surface area contributed by atoms with Gasteiger partial charge in [0.25, 0.3) is 0 Å². The highest BCUT2D eigenvalue weighted by Crippen LogP contribution is 2.48. The maximum Gasteiger partial charge on any atom is 0.239 e. The molecule has 3 aromatic rings. The molecule has 2 bridgehead atoms. The zero-order chi connectivity index (χ0) is 25.4. The van der Waals surface area contributed by atoms with Crippen LogP contribution in [0.25, 0.3) is 10.9 Å². The summed E-state index contributed by atoms with van der Waals surface area (Å²) in [5.41, 5.74) is 2.19. The van der Waals surface area contributed by atoms with E-state index in [0.29, 0.717) is 71.2 Å². The molecule has 190 valence electrons. The number of likely N-dealkylation sites (N-methyl/N-ethyl adjacent to an activating group) is 2. The summed E-state index contributed by atoms with van der Waals surface area (Å²) in [5.74, 6) is 2.68. The summed E-state index contributed by atoms with van der Waals surface area (Å²) >= 11 is 6.54. The van der Waals surface area contributed by atoms with Crippen LogP contribution in [0.3, 0.4) is 0 Å². The van der Waals surface area contributed by atoms with Gasteiger partial charge in [-0.25, -0.2) is 9.97 Å². The van der Waals surface area contributed by atoms with Crippen molar-refractivity contribution in [1.29, 1.82) is 0 Å². The minimum atomic E-state index is -0.362. The lowest BCUT2D eigenvalue weighted by atomic mass is 10.1. The average Bonchev–Trinajstić information content (AvgIpc) is 3.37. The molecule has 1 amide bonds. The molecule has 3 heterocycles. The van der Waals surface area contributed by atoms with Crippen LogP contribution in [0.2, 0.25) is 5.02 Å². The SMILES string of the molecule is COc1cc2ncnc3c2cc1OCCCN(C)C(=O)[C@H](C)N(C)Cc1cc(Cl)c2c(c1N3)OCO2. The van der Waals surface area contributed by atoms with Crippen molar-refractivity contribution in [2.45, 2.75) is 25.9 Å². The monoisotopic (exact) mass is 513 g/mol. The number of carbonyl (C=O) groups is 1. The van der Waals surface area contributed by atoms with Gasteiger partial charge in [0.05, 0.1) is 36.0 Å². The molecule has 0 saturated heterocycles. The molecule has 0 spiro atoms. The van der Waals surface area contributed by atoms with Gasteiger partial charge in [-0.3, -0.25) is 9.69 Å². The Balaban J connectivity index is 1.67. The Labute approximate surface area is 214 Å². The van der Waals surface area contributed by atoms with Gasteiger partial charge in [0, 0.05) is 31.6 Å². The van der Waals surface area contributed by atoms with E-state index in [1.54, 1.807) is 19.1 Å². The zero-order valence-corrected chi connectivity index (χ0v) is 21.4. The smallest absolute Gasteiger partial charge is 0.239 e. The lowest BCUT2D eigenvalue weighted by Crippen LogP contribution is -2.44. The van der Waals surface area contributed by atoms with Gasteiger partial charge in [-0.05, 0) is 38.1 Å². The molecule has 2 aliphatic rings. The van der Waals surface area contributed by atoms with Crippen LogP contribution in [-0.4, -0.2) is 72.9 Å². The quantitative estimate of drug-likeness (QED) is 0.520. The number of nitrogens with one attached hydrogen (secondary N) is 1. The Morgan fingerprint density at radius 1 is 1.14 bits per heavy atom. The minimum Gasteiger partial charge on any atom is -0.493 e. The fourth-order valence-electron chi connectivity index (χ4n) is 4.40. The molecular formula is C25H28ClN5O5. The number of fused-ring (bicyclic) bond motifs is 4. The van der Waals surface area contributed by atoms with E-state index in [9.17, 15) is 4.79 Å². The molecule has 11 heteroatoms. The number of hydrogen-bond acceptors (Lipinski definition) is 9. The fraction of sp³-hybridized carbons (Fsp3) is 0.400. The third-order valence-corrected chi connectivity index (χ3v) is 6.83. The number of nitrogens with zero attached hydrogens (tertiary/aromatic N) is 4. The Kier molecular flexibility index (Phi) is 6.63. The number of rotatable bonds is 1. The molecule has 1 N–H and O–H groups in total. The van der Waals surface area contributed by atoms with Crippen molar-refractivity contribution in [1.82, 2.24) is 19.8 Å². The van der Waals surface area contributed by atoms with Crippen LogP contribution in [0.1, 0.15) is 18.9 Å². The van der Waals surface area contributed by atoms with Crippen molar-refractivity contribution in [2.75, 3.05) is 46.5 Å². The molecule has 2 aliphatic heterocycles. The Morgan fingerprint density at radius 2 is 1.94 bits per heavy atom. The average molecular weight is 514 g/mol. The third kappa shape index (κ3) is 4.42. The predicted molar refractivity (Wildman–Crippen MR) is 136 cm³/mol. The molecule has 1 atom stereocenters. The van der Waals surface area contributed by atoms with E-state index < -0.39 is 0 Å². The van der Waals surface area contributed by atoms with Crippen LogP contribution in [0.5, 0.6) is 23.0 Å². The van der Waals surface area contributed by atoms with Gasteiger partial charge in [-0.2, -0.15) is 0 Å². The Morgan fingerprint density at radius 3 is 2.75 bits per heavy atom. The normalized spacial score (nSPS) is 18.6. The van der Waals surface area contributed by atoms with E-state index >= 15 is 0 Å². The van der Waals surface area contributed by atoms with Crippen LogP contribution in [0.15, 0.2) is 24.5 Å². The first kappa shape index (κ1) is 24.2. The van der Waals surface area contributed by atoms with Crippen LogP contribution in [0.4, 0.5) is 11.5 Å². The number of ether oxygens (including phenoxy) is 4. The van der Waals surface area contributed by atoms with E-state index in [1.165, 1.54) is 6.33 Å². The first-order chi connectivity index (χ1) is 17.4. The highest BCUT2D eigenvalue weighted by Gasteiger charge is 2.28. The molecule has 5 rings (SSSR count). The molecule has 0 fully saturated rings. The summed E-state index contributed by atoms with van der Waals surface area (Å²) in [4.78, 5) is 25.7. The number of anilines is 2. The van der Waals surface area contributed by atoms with Crippen molar-refractivity contribution >= 4 is 39.9 Å². The summed E-state index contributed by atoms with van der Waals surface area (Å²) in [7, 11) is 5.30. The topological polar surface area (TPSA) is 98.3 Å². The summed E-state index contributed by atoms with van der Waals surface area (Å²) in [6.07, 6.45) is 2.15. The van der Waals surface area contributed by atoms with Crippen molar-refractivity contribution in [3.63, 3.8) is 0 Å². The van der Waals surface area contributed by atoms with Crippen LogP contribution in [0, 0.1) is 0 Å². The van der Waals surface area contributed by atoms with E-state index in [-0.39, 0.29) is 18.7 Å². The zero-order valence-electron chi connectivity index (χ0n) is 20.6. The molecule has 36 heavy (non-hydrogen) atoms. The number of methoxy groups -OCH3 is 1. The Bertz CT molecular complexity index is 1320. The molecule has 0 saturated carbocycles. The van der Waals surface area contributed by atoms with Gasteiger partial charge in [0.15, 0.2) is 23.0 Å². The highest BCUT2D eigenvalue weighted by atomic mass is 35.5. The number of amides is 1. The van der Waals surface area contributed by atoms with Crippen LogP contribution in [-0.2, 0) is 11.3 Å². The minimum absolute atomic E-state index is 0.0167. The van der Waals surface area contributed by atoms with Gasteiger partial charge in [-0.1, -0.05) is 11.6 Å². The van der Waals surface area contributed by atoms with Gasteiger partial charge in [0.1, 0.15) is 12.1 Å². The first-order valence-corrected chi connectivity index (χ1v) is 12.0. The number of hydrogen-bond donors (Lipinski definition) is 1. The molecule has 2 aromatic carbocycles. The lowest BCUT2D eigenvalue weighted by molar-refractivity contribution is -0.134. The van der Waals surface area contributed by atoms with Gasteiger partial charge < -0.3 is 29.2 Å². The molecule has 1 aromatic heterocycles. The van der Waals surface area contributed by atoms with Crippen molar-refractivity contribution < 1.29 is 23.7 Å². The summed E-state index contributed by atoms with van der Waals surface area (Å²) < 4.78 is 23.1. The number of benzene rings is 2. The van der Waals surface area contributed by atoms with E-state index in [0.717, 1.165) is 10.9 Å². The van der Waals surface area contributed by atoms with Crippen LogP contribution >= 0.6 is 11.6 Å². The molecule has 10 nitrogen and oxygen atoms in total. The number of carbonyl (C=O) groups excluding carboxylic acids is 1. The van der Waals surface area contributed by atoms with E-state index in [2.05, 4.69) is 15.3 Å². The summed E-state index contributed by atoms with van der Waals surface area (Å²) in [6.45, 7) is 3.36. The second-order valence-electron chi connectivity index (χ2n) is 8.88. The molecular weight excluding hydrogens is 486 g/mol. The second-order valence-corrected chi connectivity index (χ2v) is 9.28. The molecule has 0 aliphatic carbocycles. The van der Waals surface area contributed by atoms with Crippen molar-refractivity contribution in [3.8, 4) is 23.0 Å². The van der Waals surface area contributed by atoms with E-state index in [4.69, 9.17) is 30.5 Å². The second kappa shape index (κ2) is 9.87. The van der Waals surface area contributed by atoms with Gasteiger partial charge >= 0.3 is 0 Å². The number of halogens is 1. The largest absolute Gasteiger partial charge is 0.493 e. The molecule has 0 unspecified atom stereocenters. The van der Waals surface area contributed by atoms with Crippen molar-refractivity contribution in [2.24, 2.45) is 0 Å². The number of aromatic nitrogens is 2. The van der Waals surface area contributed by atoms with Gasteiger partial charge in [-0.15, -0.1) is 0 Å². The predicted octanol–water partition coefficient (Wildman–Crippen LogP) is 3.83. The van der Waals surface area contributed by atoms with Crippen LogP contribution < -0.4 is 24.3 Å². The standard InChI is InChI=1S/C25H28ClN5O5/c1-14-25(32)30(2)6-5-7-34-20-9-16-18(10-19(20)33-4)27-12-28-24(16)29-21-15(11-31(14)3)8-17(26)22-23(21)36-13-35-22/h8-10,12,14H,5-7,11,13H2,1-4H3,(H,27,28,29)/t14-/m0/s1. The maximum absolute atomic E-state index is 13.1. The Hall–Kier alpha value is -3.50. The van der Waals surface area contributed by atoms with Gasteiger partial charge in [0.2, 0.25) is 12.7 Å². The first-order valence-electron chi connectivity index (χ1n) is 11.7. The maximum atomic E-state index is 13.1.